The van der Waals surface area contributed by atoms with Gasteiger partial charge in [-0.15, -0.1) is 0 Å². The van der Waals surface area contributed by atoms with E-state index in [9.17, 15) is 0 Å². The maximum atomic E-state index is 5.84. The Labute approximate surface area is 137 Å². The van der Waals surface area contributed by atoms with Gasteiger partial charge in [-0.3, -0.25) is 0 Å². The first kappa shape index (κ1) is 16.3. The van der Waals surface area contributed by atoms with Crippen molar-refractivity contribution in [2.75, 3.05) is 7.11 Å². The Kier molecular flexibility index (Phi) is 4.08. The molecule has 0 aliphatic heterocycles. The van der Waals surface area contributed by atoms with Gasteiger partial charge in [0.25, 0.3) is 0 Å². The molecule has 124 valence electrons. The number of allylic oxidation sites excluding steroid dienone is 4. The zero-order chi connectivity index (χ0) is 16.1. The number of hydrogen-bond acceptors (Lipinski definition) is 1. The molecule has 0 bridgehead atoms. The minimum Gasteiger partial charge on any atom is -0.381 e. The molecule has 0 N–H and O–H groups in total. The summed E-state index contributed by atoms with van der Waals surface area (Å²) in [5, 5.41) is 0. The van der Waals surface area contributed by atoms with Gasteiger partial charge in [0, 0.05) is 7.11 Å². The lowest BCUT2D eigenvalue weighted by molar-refractivity contribution is -0.0719. The van der Waals surface area contributed by atoms with Crippen LogP contribution in [0.3, 0.4) is 0 Å². The summed E-state index contributed by atoms with van der Waals surface area (Å²) in [5.41, 5.74) is 5.58. The normalized spacial score (nSPS) is 40.5. The Morgan fingerprint density at radius 1 is 1.18 bits per heavy atom. The Balaban J connectivity index is 1.89. The Morgan fingerprint density at radius 3 is 2.50 bits per heavy atom. The molecule has 0 aromatic heterocycles. The largest absolute Gasteiger partial charge is 0.381 e. The minimum absolute atomic E-state index is 0.332. The summed E-state index contributed by atoms with van der Waals surface area (Å²) in [4.78, 5) is 0. The molecule has 1 nitrogen and oxygen atoms in total. The van der Waals surface area contributed by atoms with Crippen LogP contribution in [0.5, 0.6) is 0 Å². The third kappa shape index (κ3) is 2.40. The van der Waals surface area contributed by atoms with E-state index < -0.39 is 0 Å². The third-order valence-corrected chi connectivity index (χ3v) is 7.44. The molecule has 0 aromatic carbocycles. The predicted octanol–water partition coefficient (Wildman–Crippen LogP) is 5.91. The molecular formula is C21H34O. The van der Waals surface area contributed by atoms with E-state index in [0.29, 0.717) is 16.9 Å². The highest BCUT2D eigenvalue weighted by Gasteiger charge is 2.55. The molecule has 22 heavy (non-hydrogen) atoms. The zero-order valence-electron chi connectivity index (χ0n) is 15.5. The number of methoxy groups -OCH3 is 1. The van der Waals surface area contributed by atoms with Crippen LogP contribution in [0.4, 0.5) is 0 Å². The van der Waals surface area contributed by atoms with Gasteiger partial charge in [-0.1, -0.05) is 31.1 Å². The molecule has 0 radical (unpaired) electrons. The van der Waals surface area contributed by atoms with Crippen molar-refractivity contribution in [2.24, 2.45) is 22.7 Å². The van der Waals surface area contributed by atoms with Crippen molar-refractivity contribution >= 4 is 0 Å². The second-order valence-corrected chi connectivity index (χ2v) is 9.03. The van der Waals surface area contributed by atoms with E-state index in [1.54, 1.807) is 11.1 Å². The van der Waals surface area contributed by atoms with E-state index in [2.05, 4.69) is 40.7 Å². The lowest BCUT2D eigenvalue weighted by Gasteiger charge is -2.46. The highest BCUT2D eigenvalue weighted by Crippen LogP contribution is 2.63. The molecule has 0 amide bonds. The highest BCUT2D eigenvalue weighted by atomic mass is 16.5. The van der Waals surface area contributed by atoms with Gasteiger partial charge >= 0.3 is 0 Å². The van der Waals surface area contributed by atoms with Crippen molar-refractivity contribution in [1.29, 1.82) is 0 Å². The summed E-state index contributed by atoms with van der Waals surface area (Å²) in [7, 11) is 1.91. The second kappa shape index (κ2) is 5.51. The highest BCUT2D eigenvalue weighted by molar-refractivity contribution is 5.35. The fourth-order valence-electron chi connectivity index (χ4n) is 5.86. The van der Waals surface area contributed by atoms with Crippen LogP contribution in [-0.2, 0) is 4.74 Å². The van der Waals surface area contributed by atoms with E-state index >= 15 is 0 Å². The second-order valence-electron chi connectivity index (χ2n) is 9.03. The monoisotopic (exact) mass is 302 g/mol. The molecule has 3 rings (SSSR count). The first-order valence-corrected chi connectivity index (χ1v) is 9.18. The molecule has 4 atom stereocenters. The van der Waals surface area contributed by atoms with Crippen molar-refractivity contribution in [1.82, 2.24) is 0 Å². The molecule has 2 fully saturated rings. The van der Waals surface area contributed by atoms with Gasteiger partial charge in [0.15, 0.2) is 0 Å². The van der Waals surface area contributed by atoms with Crippen molar-refractivity contribution in [3.05, 3.63) is 22.8 Å². The molecule has 3 aliphatic rings. The van der Waals surface area contributed by atoms with Crippen molar-refractivity contribution in [3.63, 3.8) is 0 Å². The average molecular weight is 303 g/mol. The summed E-state index contributed by atoms with van der Waals surface area (Å²) in [6.07, 6.45) is 11.1. The van der Waals surface area contributed by atoms with E-state index in [0.717, 1.165) is 11.8 Å². The lowest BCUT2D eigenvalue weighted by Crippen LogP contribution is -2.44. The molecule has 0 aromatic rings. The Bertz CT molecular complexity index is 506. The van der Waals surface area contributed by atoms with Crippen LogP contribution in [0.15, 0.2) is 22.8 Å². The molecule has 0 heterocycles. The summed E-state index contributed by atoms with van der Waals surface area (Å²) < 4.78 is 5.84. The number of rotatable bonds is 1. The molecular weight excluding hydrogens is 268 g/mol. The standard InChI is InChI=1S/C21H34O/c1-14(2)16-9-10-21(15(3)11-16)12-17-7-8-19(22-6)20(4,5)18(17)13-21/h11,17-19H,7-10,12-13H2,1-6H3/t17-,18-,19+,21+/m1/s1. The fourth-order valence-corrected chi connectivity index (χ4v) is 5.86. The topological polar surface area (TPSA) is 9.23 Å². The van der Waals surface area contributed by atoms with Crippen molar-refractivity contribution in [3.8, 4) is 0 Å². The predicted molar refractivity (Wildman–Crippen MR) is 93.8 cm³/mol. The first-order chi connectivity index (χ1) is 10.3. The van der Waals surface area contributed by atoms with Crippen LogP contribution in [0.1, 0.15) is 73.1 Å². The third-order valence-electron chi connectivity index (χ3n) is 7.44. The average Bonchev–Trinajstić information content (AvgIpc) is 2.83. The maximum Gasteiger partial charge on any atom is 0.0625 e. The van der Waals surface area contributed by atoms with Crippen molar-refractivity contribution in [2.45, 2.75) is 79.2 Å². The lowest BCUT2D eigenvalue weighted by atomic mass is 9.63. The fraction of sp³-hybridized carbons (Fsp3) is 0.810. The van der Waals surface area contributed by atoms with Gasteiger partial charge in [0.05, 0.1) is 6.10 Å². The minimum atomic E-state index is 0.332. The van der Waals surface area contributed by atoms with Gasteiger partial charge in [0.1, 0.15) is 0 Å². The summed E-state index contributed by atoms with van der Waals surface area (Å²) in [5.74, 6) is 1.75. The van der Waals surface area contributed by atoms with E-state index in [-0.39, 0.29) is 0 Å². The molecule has 1 heteroatoms. The molecule has 0 saturated heterocycles. The van der Waals surface area contributed by atoms with Crippen molar-refractivity contribution < 1.29 is 4.74 Å². The molecule has 0 unspecified atom stereocenters. The summed E-state index contributed by atoms with van der Waals surface area (Å²) >= 11 is 0. The van der Waals surface area contributed by atoms with Gasteiger partial charge in [0.2, 0.25) is 0 Å². The van der Waals surface area contributed by atoms with Gasteiger partial charge in [-0.2, -0.15) is 0 Å². The van der Waals surface area contributed by atoms with E-state index in [4.69, 9.17) is 4.74 Å². The summed E-state index contributed by atoms with van der Waals surface area (Å²) in [6, 6.07) is 0. The van der Waals surface area contributed by atoms with Crippen LogP contribution in [-0.4, -0.2) is 13.2 Å². The van der Waals surface area contributed by atoms with E-state index in [1.165, 1.54) is 44.1 Å². The maximum absolute atomic E-state index is 5.84. The van der Waals surface area contributed by atoms with Crippen LogP contribution >= 0.6 is 0 Å². The Morgan fingerprint density at radius 2 is 1.91 bits per heavy atom. The number of fused-ring (bicyclic) bond motifs is 1. The van der Waals surface area contributed by atoms with Crippen LogP contribution in [0.25, 0.3) is 0 Å². The first-order valence-electron chi connectivity index (χ1n) is 9.18. The van der Waals surface area contributed by atoms with Gasteiger partial charge in [-0.25, -0.2) is 0 Å². The number of ether oxygens (including phenoxy) is 1. The van der Waals surface area contributed by atoms with Gasteiger partial charge in [-0.05, 0) is 87.5 Å². The summed E-state index contributed by atoms with van der Waals surface area (Å²) in [6.45, 7) is 11.8. The van der Waals surface area contributed by atoms with Crippen LogP contribution in [0, 0.1) is 22.7 Å². The molecule has 3 aliphatic carbocycles. The van der Waals surface area contributed by atoms with Crippen LogP contribution < -0.4 is 0 Å². The molecule has 2 saturated carbocycles. The quantitative estimate of drug-likeness (QED) is 0.585. The van der Waals surface area contributed by atoms with Crippen LogP contribution in [0.2, 0.25) is 0 Å². The molecule has 1 spiro atoms. The number of hydrogen-bond donors (Lipinski definition) is 0. The Hall–Kier alpha value is -0.560. The smallest absolute Gasteiger partial charge is 0.0625 e. The van der Waals surface area contributed by atoms with Gasteiger partial charge < -0.3 is 4.74 Å². The van der Waals surface area contributed by atoms with E-state index in [1.807, 2.05) is 7.11 Å². The SMILES string of the molecule is CO[C@H]1CC[C@@H]2C[C@@]3(CCC(=C(C)C)C=C3C)C[C@H]2C1(C)C. The zero-order valence-corrected chi connectivity index (χ0v) is 15.5.